The molecule has 0 fully saturated rings. The van der Waals surface area contributed by atoms with Crippen LogP contribution in [0.3, 0.4) is 0 Å². The molecule has 0 aliphatic rings. The van der Waals surface area contributed by atoms with E-state index in [4.69, 9.17) is 10.5 Å². The molecule has 0 radical (unpaired) electrons. The predicted octanol–water partition coefficient (Wildman–Crippen LogP) is 2.32. The summed E-state index contributed by atoms with van der Waals surface area (Å²) < 4.78 is 17.4. The van der Waals surface area contributed by atoms with E-state index in [0.717, 1.165) is 23.5 Å². The Morgan fingerprint density at radius 3 is 2.78 bits per heavy atom. The number of para-hydroxylation sites is 1. The van der Waals surface area contributed by atoms with Gasteiger partial charge in [0.2, 0.25) is 0 Å². The molecule has 1 rings (SSSR count). The number of hydrogen-bond donors (Lipinski definition) is 1. The summed E-state index contributed by atoms with van der Waals surface area (Å²) in [5, 5.41) is 0. The highest BCUT2D eigenvalue weighted by atomic mass is 32.2. The molecule has 4 heteroatoms. The van der Waals surface area contributed by atoms with Gasteiger partial charge in [-0.3, -0.25) is 4.21 Å². The Morgan fingerprint density at radius 2 is 2.11 bits per heavy atom. The third-order valence-corrected chi connectivity index (χ3v) is 4.49. The minimum Gasteiger partial charge on any atom is -0.492 e. The number of benzene rings is 1. The number of nitrogens with two attached hydrogens (primary N) is 1. The van der Waals surface area contributed by atoms with Gasteiger partial charge in [-0.05, 0) is 12.0 Å². The van der Waals surface area contributed by atoms with Gasteiger partial charge in [-0.25, -0.2) is 0 Å². The fourth-order valence-corrected chi connectivity index (χ4v) is 2.88. The Hall–Kier alpha value is -0.870. The Morgan fingerprint density at radius 1 is 1.39 bits per heavy atom. The van der Waals surface area contributed by atoms with Crippen LogP contribution >= 0.6 is 0 Å². The van der Waals surface area contributed by atoms with Crippen molar-refractivity contribution >= 4 is 10.8 Å². The van der Waals surface area contributed by atoms with Gasteiger partial charge in [0.05, 0.1) is 12.4 Å². The molecule has 0 aliphatic carbocycles. The van der Waals surface area contributed by atoms with E-state index in [1.54, 1.807) is 0 Å². The molecule has 2 N–H and O–H groups in total. The zero-order valence-corrected chi connectivity index (χ0v) is 12.0. The van der Waals surface area contributed by atoms with Crippen molar-refractivity contribution in [3.05, 3.63) is 29.8 Å². The van der Waals surface area contributed by atoms with Gasteiger partial charge in [0, 0.05) is 28.7 Å². The lowest BCUT2D eigenvalue weighted by atomic mass is 10.2. The van der Waals surface area contributed by atoms with E-state index in [9.17, 15) is 4.21 Å². The first-order valence-electron chi connectivity index (χ1n) is 6.43. The number of rotatable bonds is 8. The molecule has 0 aromatic heterocycles. The van der Waals surface area contributed by atoms with Crippen LogP contribution in [0.1, 0.15) is 25.8 Å². The highest BCUT2D eigenvalue weighted by Crippen LogP contribution is 2.16. The molecular weight excluding hydrogens is 246 g/mol. The van der Waals surface area contributed by atoms with Crippen LogP contribution in [0.4, 0.5) is 0 Å². The van der Waals surface area contributed by atoms with E-state index in [0.29, 0.717) is 24.8 Å². The highest BCUT2D eigenvalue weighted by Gasteiger charge is 2.07. The van der Waals surface area contributed by atoms with Gasteiger partial charge < -0.3 is 10.5 Å². The third kappa shape index (κ3) is 5.19. The zero-order chi connectivity index (χ0) is 13.4. The zero-order valence-electron chi connectivity index (χ0n) is 11.2. The average molecular weight is 269 g/mol. The molecule has 0 spiro atoms. The summed E-state index contributed by atoms with van der Waals surface area (Å²) in [5.74, 6) is 2.67. The van der Waals surface area contributed by atoms with Crippen molar-refractivity contribution in [3.63, 3.8) is 0 Å². The van der Waals surface area contributed by atoms with E-state index in [2.05, 4.69) is 13.8 Å². The molecule has 0 saturated carbocycles. The van der Waals surface area contributed by atoms with Crippen LogP contribution in [0, 0.1) is 5.92 Å². The second-order valence-electron chi connectivity index (χ2n) is 4.48. The second-order valence-corrected chi connectivity index (χ2v) is 6.11. The van der Waals surface area contributed by atoms with Gasteiger partial charge >= 0.3 is 0 Å². The van der Waals surface area contributed by atoms with Crippen molar-refractivity contribution in [1.82, 2.24) is 0 Å². The van der Waals surface area contributed by atoms with Crippen molar-refractivity contribution in [1.29, 1.82) is 0 Å². The third-order valence-electron chi connectivity index (χ3n) is 2.93. The van der Waals surface area contributed by atoms with Gasteiger partial charge in [-0.1, -0.05) is 38.5 Å². The SMILES string of the molecule is CCC(C)CS(=O)CCOc1ccccc1CN. The molecule has 0 aliphatic heterocycles. The van der Waals surface area contributed by atoms with Crippen LogP contribution in [0.5, 0.6) is 5.75 Å². The molecule has 3 nitrogen and oxygen atoms in total. The first kappa shape index (κ1) is 15.2. The van der Waals surface area contributed by atoms with E-state index >= 15 is 0 Å². The van der Waals surface area contributed by atoms with Crippen molar-refractivity contribution in [2.75, 3.05) is 18.1 Å². The predicted molar refractivity (Wildman–Crippen MR) is 77.2 cm³/mol. The quantitative estimate of drug-likeness (QED) is 0.788. The first-order valence-corrected chi connectivity index (χ1v) is 7.91. The normalized spacial score (nSPS) is 14.2. The van der Waals surface area contributed by atoms with Gasteiger partial charge in [0.15, 0.2) is 0 Å². The number of ether oxygens (including phenoxy) is 1. The second kappa shape index (κ2) is 8.27. The van der Waals surface area contributed by atoms with Crippen LogP contribution in [-0.4, -0.2) is 22.3 Å². The van der Waals surface area contributed by atoms with Gasteiger partial charge in [0.25, 0.3) is 0 Å². The minimum absolute atomic E-state index is 0.464. The Labute approximate surface area is 112 Å². The highest BCUT2D eigenvalue weighted by molar-refractivity contribution is 7.85. The summed E-state index contributed by atoms with van der Waals surface area (Å²) in [4.78, 5) is 0. The molecule has 0 amide bonds. The summed E-state index contributed by atoms with van der Waals surface area (Å²) in [6.45, 7) is 5.20. The first-order chi connectivity index (χ1) is 8.67. The number of hydrogen-bond acceptors (Lipinski definition) is 3. The summed E-state index contributed by atoms with van der Waals surface area (Å²) in [6, 6.07) is 7.71. The molecule has 18 heavy (non-hydrogen) atoms. The van der Waals surface area contributed by atoms with Crippen molar-refractivity contribution in [2.45, 2.75) is 26.8 Å². The van der Waals surface area contributed by atoms with E-state index in [-0.39, 0.29) is 0 Å². The Bertz CT molecular complexity index is 382. The van der Waals surface area contributed by atoms with Crippen LogP contribution in [0.15, 0.2) is 24.3 Å². The summed E-state index contributed by atoms with van der Waals surface area (Å²) in [5.41, 5.74) is 6.62. The molecule has 0 saturated heterocycles. The van der Waals surface area contributed by atoms with Gasteiger partial charge in [0.1, 0.15) is 5.75 Å². The lowest BCUT2D eigenvalue weighted by molar-refractivity contribution is 0.339. The smallest absolute Gasteiger partial charge is 0.123 e. The molecule has 1 aromatic carbocycles. The topological polar surface area (TPSA) is 52.3 Å². The van der Waals surface area contributed by atoms with Crippen molar-refractivity contribution in [2.24, 2.45) is 11.7 Å². The van der Waals surface area contributed by atoms with E-state index < -0.39 is 10.8 Å². The molecule has 102 valence electrons. The fraction of sp³-hybridized carbons (Fsp3) is 0.571. The fourth-order valence-electron chi connectivity index (χ4n) is 1.58. The molecule has 0 bridgehead atoms. The molecule has 2 atom stereocenters. The van der Waals surface area contributed by atoms with Crippen LogP contribution in [0.25, 0.3) is 0 Å². The van der Waals surface area contributed by atoms with Crippen LogP contribution in [-0.2, 0) is 17.3 Å². The standard InChI is InChI=1S/C14H23NO2S/c1-3-12(2)11-18(16)9-8-17-14-7-5-4-6-13(14)10-15/h4-7,12H,3,8-11,15H2,1-2H3. The average Bonchev–Trinajstić information content (AvgIpc) is 2.39. The largest absolute Gasteiger partial charge is 0.492 e. The maximum Gasteiger partial charge on any atom is 0.123 e. The molecule has 0 heterocycles. The Kier molecular flexibility index (Phi) is 6.98. The summed E-state index contributed by atoms with van der Waals surface area (Å²) in [6.07, 6.45) is 1.07. The summed E-state index contributed by atoms with van der Waals surface area (Å²) in [7, 11) is -0.788. The summed E-state index contributed by atoms with van der Waals surface area (Å²) >= 11 is 0. The van der Waals surface area contributed by atoms with E-state index in [1.807, 2.05) is 24.3 Å². The minimum atomic E-state index is -0.788. The van der Waals surface area contributed by atoms with Crippen molar-refractivity contribution < 1.29 is 8.95 Å². The van der Waals surface area contributed by atoms with Gasteiger partial charge in [-0.15, -0.1) is 0 Å². The van der Waals surface area contributed by atoms with Crippen LogP contribution < -0.4 is 10.5 Å². The monoisotopic (exact) mass is 269 g/mol. The maximum atomic E-state index is 11.8. The lowest BCUT2D eigenvalue weighted by Gasteiger charge is -2.11. The maximum absolute atomic E-state index is 11.8. The Balaban J connectivity index is 2.35. The van der Waals surface area contributed by atoms with Crippen LogP contribution in [0.2, 0.25) is 0 Å². The molecule has 1 aromatic rings. The molecular formula is C14H23NO2S. The van der Waals surface area contributed by atoms with Gasteiger partial charge in [-0.2, -0.15) is 0 Å². The van der Waals surface area contributed by atoms with E-state index in [1.165, 1.54) is 0 Å². The van der Waals surface area contributed by atoms with Crippen molar-refractivity contribution in [3.8, 4) is 5.75 Å². The molecule has 2 unspecified atom stereocenters. The lowest BCUT2D eigenvalue weighted by Crippen LogP contribution is -2.15.